The highest BCUT2D eigenvalue weighted by atomic mass is 15.0. The standard InChI is InChI=1S/C7H12N2/c1-2-6-3-5-9-7(6)8-4-1/h6H,1-5H2,(H,8,9)/t6-/m1/s1. The molecule has 1 N–H and O–H groups in total. The van der Waals surface area contributed by atoms with Gasteiger partial charge in [0.05, 0.1) is 5.84 Å². The molecular formula is C7H12N2. The summed E-state index contributed by atoms with van der Waals surface area (Å²) in [6.45, 7) is 2.21. The van der Waals surface area contributed by atoms with Crippen molar-refractivity contribution >= 4 is 5.84 Å². The van der Waals surface area contributed by atoms with E-state index >= 15 is 0 Å². The summed E-state index contributed by atoms with van der Waals surface area (Å²) in [4.78, 5) is 4.40. The summed E-state index contributed by atoms with van der Waals surface area (Å²) in [5, 5.41) is 3.31. The van der Waals surface area contributed by atoms with Crippen LogP contribution >= 0.6 is 0 Å². The molecule has 9 heavy (non-hydrogen) atoms. The van der Waals surface area contributed by atoms with Crippen LogP contribution < -0.4 is 5.32 Å². The zero-order valence-electron chi connectivity index (χ0n) is 5.56. The van der Waals surface area contributed by atoms with Crippen molar-refractivity contribution in [3.05, 3.63) is 0 Å². The fraction of sp³-hybridized carbons (Fsp3) is 0.857. The lowest BCUT2D eigenvalue weighted by Gasteiger charge is -2.13. The normalized spacial score (nSPS) is 32.9. The number of aliphatic imine (C=N–C) groups is 1. The maximum atomic E-state index is 4.40. The number of nitrogens with zero attached hydrogens (tertiary/aromatic N) is 1. The van der Waals surface area contributed by atoms with Crippen molar-refractivity contribution in [3.63, 3.8) is 0 Å². The van der Waals surface area contributed by atoms with Crippen molar-refractivity contribution in [2.24, 2.45) is 10.9 Å². The second-order valence-electron chi connectivity index (χ2n) is 2.82. The van der Waals surface area contributed by atoms with Crippen LogP contribution in [0.2, 0.25) is 0 Å². The maximum Gasteiger partial charge on any atom is 0.0995 e. The third-order valence-corrected chi connectivity index (χ3v) is 2.18. The van der Waals surface area contributed by atoms with Gasteiger partial charge in [0.1, 0.15) is 0 Å². The molecule has 0 radical (unpaired) electrons. The van der Waals surface area contributed by atoms with E-state index in [4.69, 9.17) is 0 Å². The molecule has 0 aromatic rings. The Kier molecular flexibility index (Phi) is 1.18. The Morgan fingerprint density at radius 1 is 1.44 bits per heavy atom. The zero-order chi connectivity index (χ0) is 6.10. The molecule has 0 aromatic heterocycles. The third kappa shape index (κ3) is 0.824. The first-order chi connectivity index (χ1) is 4.47. The molecule has 1 atom stereocenters. The van der Waals surface area contributed by atoms with E-state index in [-0.39, 0.29) is 0 Å². The molecule has 0 aromatic carbocycles. The van der Waals surface area contributed by atoms with Gasteiger partial charge in [0, 0.05) is 19.0 Å². The molecule has 1 fully saturated rings. The quantitative estimate of drug-likeness (QED) is 0.507. The SMILES string of the molecule is C1CN=C2NCC[C@H]2C1. The molecule has 0 saturated carbocycles. The van der Waals surface area contributed by atoms with Gasteiger partial charge in [0.25, 0.3) is 0 Å². The van der Waals surface area contributed by atoms with E-state index < -0.39 is 0 Å². The van der Waals surface area contributed by atoms with E-state index in [1.165, 1.54) is 25.1 Å². The summed E-state index contributed by atoms with van der Waals surface area (Å²) in [6.07, 6.45) is 3.99. The Balaban J connectivity index is 2.16. The van der Waals surface area contributed by atoms with Crippen molar-refractivity contribution in [1.82, 2.24) is 5.32 Å². The Morgan fingerprint density at radius 3 is 3.33 bits per heavy atom. The summed E-state index contributed by atoms with van der Waals surface area (Å²) < 4.78 is 0. The molecule has 2 rings (SSSR count). The van der Waals surface area contributed by atoms with Gasteiger partial charge in [-0.15, -0.1) is 0 Å². The first-order valence-corrected chi connectivity index (χ1v) is 3.75. The largest absolute Gasteiger partial charge is 0.374 e. The van der Waals surface area contributed by atoms with Crippen molar-refractivity contribution in [2.45, 2.75) is 19.3 Å². The molecular weight excluding hydrogens is 112 g/mol. The minimum Gasteiger partial charge on any atom is -0.374 e. The van der Waals surface area contributed by atoms with E-state index in [0.29, 0.717) is 0 Å². The smallest absolute Gasteiger partial charge is 0.0995 e. The van der Waals surface area contributed by atoms with E-state index in [1.54, 1.807) is 0 Å². The van der Waals surface area contributed by atoms with Crippen LogP contribution in [0.15, 0.2) is 4.99 Å². The molecule has 2 heterocycles. The second-order valence-corrected chi connectivity index (χ2v) is 2.82. The summed E-state index contributed by atoms with van der Waals surface area (Å²) in [7, 11) is 0. The lowest BCUT2D eigenvalue weighted by atomic mass is 9.99. The summed E-state index contributed by atoms with van der Waals surface area (Å²) in [5.74, 6) is 2.10. The molecule has 0 amide bonds. The minimum absolute atomic E-state index is 0.804. The van der Waals surface area contributed by atoms with Gasteiger partial charge < -0.3 is 5.32 Å². The number of nitrogens with one attached hydrogen (secondary N) is 1. The molecule has 2 aliphatic heterocycles. The maximum absolute atomic E-state index is 4.40. The first-order valence-electron chi connectivity index (χ1n) is 3.75. The Labute approximate surface area is 55.4 Å². The Hall–Kier alpha value is -0.530. The lowest BCUT2D eigenvalue weighted by Crippen LogP contribution is -2.23. The van der Waals surface area contributed by atoms with Gasteiger partial charge in [-0.05, 0) is 19.3 Å². The fourth-order valence-corrected chi connectivity index (χ4v) is 1.66. The third-order valence-electron chi connectivity index (χ3n) is 2.18. The van der Waals surface area contributed by atoms with Crippen molar-refractivity contribution < 1.29 is 0 Å². The van der Waals surface area contributed by atoms with Gasteiger partial charge >= 0.3 is 0 Å². The molecule has 0 aliphatic carbocycles. The highest BCUT2D eigenvalue weighted by Gasteiger charge is 2.23. The molecule has 2 heteroatoms. The van der Waals surface area contributed by atoms with E-state index in [2.05, 4.69) is 10.3 Å². The molecule has 1 saturated heterocycles. The van der Waals surface area contributed by atoms with Gasteiger partial charge in [0.15, 0.2) is 0 Å². The van der Waals surface area contributed by atoms with E-state index in [1.807, 2.05) is 0 Å². The van der Waals surface area contributed by atoms with Gasteiger partial charge in [-0.1, -0.05) is 0 Å². The van der Waals surface area contributed by atoms with Crippen molar-refractivity contribution in [3.8, 4) is 0 Å². The molecule has 0 spiro atoms. The number of amidine groups is 1. The molecule has 0 bridgehead atoms. The summed E-state index contributed by atoms with van der Waals surface area (Å²) in [6, 6.07) is 0. The second kappa shape index (κ2) is 2.01. The minimum atomic E-state index is 0.804. The topological polar surface area (TPSA) is 24.4 Å². The number of fused-ring (bicyclic) bond motifs is 1. The number of hydrogen-bond donors (Lipinski definition) is 1. The molecule has 2 aliphatic rings. The van der Waals surface area contributed by atoms with Crippen LogP contribution in [0.1, 0.15) is 19.3 Å². The van der Waals surface area contributed by atoms with Crippen LogP contribution in [0.5, 0.6) is 0 Å². The number of rotatable bonds is 0. The molecule has 0 unspecified atom stereocenters. The summed E-state index contributed by atoms with van der Waals surface area (Å²) in [5.41, 5.74) is 0. The van der Waals surface area contributed by atoms with Crippen LogP contribution in [0.4, 0.5) is 0 Å². The Morgan fingerprint density at radius 2 is 2.44 bits per heavy atom. The predicted octanol–water partition coefficient (Wildman–Crippen LogP) is 0.788. The Bertz CT molecular complexity index is 140. The average Bonchev–Trinajstić information content (AvgIpc) is 2.33. The van der Waals surface area contributed by atoms with Gasteiger partial charge in [0.2, 0.25) is 0 Å². The van der Waals surface area contributed by atoms with Crippen LogP contribution in [0.25, 0.3) is 0 Å². The molecule has 2 nitrogen and oxygen atoms in total. The van der Waals surface area contributed by atoms with Crippen LogP contribution in [0.3, 0.4) is 0 Å². The van der Waals surface area contributed by atoms with Crippen LogP contribution in [0, 0.1) is 5.92 Å². The number of hydrogen-bond acceptors (Lipinski definition) is 2. The monoisotopic (exact) mass is 124 g/mol. The lowest BCUT2D eigenvalue weighted by molar-refractivity contribution is 0.573. The predicted molar refractivity (Wildman–Crippen MR) is 37.6 cm³/mol. The highest BCUT2D eigenvalue weighted by Crippen LogP contribution is 2.20. The average molecular weight is 124 g/mol. The van der Waals surface area contributed by atoms with Gasteiger partial charge in [-0.3, -0.25) is 4.99 Å². The van der Waals surface area contributed by atoms with E-state index in [0.717, 1.165) is 19.0 Å². The van der Waals surface area contributed by atoms with E-state index in [9.17, 15) is 0 Å². The molecule has 50 valence electrons. The fourth-order valence-electron chi connectivity index (χ4n) is 1.66. The highest BCUT2D eigenvalue weighted by molar-refractivity contribution is 5.86. The van der Waals surface area contributed by atoms with Gasteiger partial charge in [-0.2, -0.15) is 0 Å². The van der Waals surface area contributed by atoms with Crippen LogP contribution in [-0.2, 0) is 0 Å². The van der Waals surface area contributed by atoms with Crippen molar-refractivity contribution in [1.29, 1.82) is 0 Å². The van der Waals surface area contributed by atoms with Crippen molar-refractivity contribution in [2.75, 3.05) is 13.1 Å². The van der Waals surface area contributed by atoms with Crippen LogP contribution in [-0.4, -0.2) is 18.9 Å². The van der Waals surface area contributed by atoms with Gasteiger partial charge in [-0.25, -0.2) is 0 Å². The zero-order valence-corrected chi connectivity index (χ0v) is 5.56. The first kappa shape index (κ1) is 5.27. The summed E-state index contributed by atoms with van der Waals surface area (Å²) >= 11 is 0.